The lowest BCUT2D eigenvalue weighted by Gasteiger charge is -2.03. The molecule has 1 aromatic rings. The summed E-state index contributed by atoms with van der Waals surface area (Å²) in [5.41, 5.74) is 12.8. The summed E-state index contributed by atoms with van der Waals surface area (Å²) in [6.45, 7) is 0.509. The standard InChI is InChI=1S/C8H9ClN2O/c9-5-2-8-4(1-6(5)10)7(11)3-12-8/h1-2,7H,3,10-11H2/t7-/m0/s1. The van der Waals surface area contributed by atoms with Crippen LogP contribution >= 0.6 is 11.6 Å². The minimum atomic E-state index is -0.0698. The van der Waals surface area contributed by atoms with Crippen molar-refractivity contribution in [2.45, 2.75) is 6.04 Å². The maximum absolute atomic E-state index is 5.79. The van der Waals surface area contributed by atoms with Gasteiger partial charge in [0.2, 0.25) is 0 Å². The Morgan fingerprint density at radius 3 is 3.00 bits per heavy atom. The highest BCUT2D eigenvalue weighted by molar-refractivity contribution is 6.33. The zero-order valence-corrected chi connectivity index (χ0v) is 7.14. The van der Waals surface area contributed by atoms with Crippen molar-refractivity contribution in [3.63, 3.8) is 0 Å². The average molecular weight is 185 g/mol. The Kier molecular flexibility index (Phi) is 1.63. The van der Waals surface area contributed by atoms with E-state index in [1.807, 2.05) is 0 Å². The lowest BCUT2D eigenvalue weighted by Crippen LogP contribution is -2.10. The molecule has 0 saturated heterocycles. The van der Waals surface area contributed by atoms with Crippen molar-refractivity contribution in [1.82, 2.24) is 0 Å². The van der Waals surface area contributed by atoms with Gasteiger partial charge in [0.15, 0.2) is 0 Å². The van der Waals surface area contributed by atoms with E-state index in [1.54, 1.807) is 12.1 Å². The number of fused-ring (bicyclic) bond motifs is 1. The van der Waals surface area contributed by atoms with Crippen LogP contribution in [0.1, 0.15) is 11.6 Å². The summed E-state index contributed by atoms with van der Waals surface area (Å²) in [5.74, 6) is 0.752. The van der Waals surface area contributed by atoms with Crippen LogP contribution in [-0.2, 0) is 0 Å². The second kappa shape index (κ2) is 2.54. The molecule has 4 N–H and O–H groups in total. The molecule has 0 amide bonds. The van der Waals surface area contributed by atoms with Crippen molar-refractivity contribution in [2.75, 3.05) is 12.3 Å². The molecule has 1 atom stereocenters. The predicted molar refractivity (Wildman–Crippen MR) is 48.3 cm³/mol. The third-order valence-electron chi connectivity index (χ3n) is 1.95. The Morgan fingerprint density at radius 2 is 2.25 bits per heavy atom. The topological polar surface area (TPSA) is 61.3 Å². The van der Waals surface area contributed by atoms with Crippen LogP contribution in [0.2, 0.25) is 5.02 Å². The number of hydrogen-bond donors (Lipinski definition) is 2. The first-order valence-corrected chi connectivity index (χ1v) is 4.03. The summed E-state index contributed by atoms with van der Waals surface area (Å²) < 4.78 is 5.28. The Bertz CT molecular complexity index is 327. The van der Waals surface area contributed by atoms with Crippen LogP contribution in [0.3, 0.4) is 0 Å². The number of halogens is 1. The van der Waals surface area contributed by atoms with Crippen LogP contribution in [0.4, 0.5) is 5.69 Å². The fourth-order valence-corrected chi connectivity index (χ4v) is 1.43. The number of anilines is 1. The number of ether oxygens (including phenoxy) is 1. The monoisotopic (exact) mass is 184 g/mol. The number of nitrogens with two attached hydrogens (primary N) is 2. The molecule has 2 rings (SSSR count). The minimum Gasteiger partial charge on any atom is -0.491 e. The van der Waals surface area contributed by atoms with Gasteiger partial charge in [-0.15, -0.1) is 0 Å². The predicted octanol–water partition coefficient (Wildman–Crippen LogP) is 1.31. The second-order valence-electron chi connectivity index (χ2n) is 2.83. The fourth-order valence-electron chi connectivity index (χ4n) is 1.27. The number of nitrogen functional groups attached to an aromatic ring is 1. The normalized spacial score (nSPS) is 20.3. The highest BCUT2D eigenvalue weighted by Gasteiger charge is 2.21. The molecule has 1 aliphatic rings. The van der Waals surface area contributed by atoms with Crippen LogP contribution in [0.25, 0.3) is 0 Å². The fraction of sp³-hybridized carbons (Fsp3) is 0.250. The molecule has 0 saturated carbocycles. The second-order valence-corrected chi connectivity index (χ2v) is 3.24. The molecule has 0 bridgehead atoms. The molecule has 0 aromatic heterocycles. The van der Waals surface area contributed by atoms with E-state index in [0.29, 0.717) is 17.3 Å². The molecule has 3 nitrogen and oxygen atoms in total. The van der Waals surface area contributed by atoms with Gasteiger partial charge >= 0.3 is 0 Å². The summed E-state index contributed by atoms with van der Waals surface area (Å²) in [5, 5.41) is 0.517. The molecule has 0 unspecified atom stereocenters. The summed E-state index contributed by atoms with van der Waals surface area (Å²) >= 11 is 5.79. The van der Waals surface area contributed by atoms with Gasteiger partial charge in [-0.1, -0.05) is 11.6 Å². The van der Waals surface area contributed by atoms with E-state index in [2.05, 4.69) is 0 Å². The molecular weight excluding hydrogens is 176 g/mol. The zero-order valence-electron chi connectivity index (χ0n) is 6.38. The van der Waals surface area contributed by atoms with Gasteiger partial charge in [0.1, 0.15) is 12.4 Å². The first-order chi connectivity index (χ1) is 5.68. The number of hydrogen-bond acceptors (Lipinski definition) is 3. The maximum atomic E-state index is 5.79. The lowest BCUT2D eigenvalue weighted by molar-refractivity contribution is 0.333. The van der Waals surface area contributed by atoms with E-state index in [4.69, 9.17) is 27.8 Å². The molecule has 4 heteroatoms. The van der Waals surface area contributed by atoms with Crippen molar-refractivity contribution < 1.29 is 4.74 Å². The van der Waals surface area contributed by atoms with Gasteiger partial charge in [-0.3, -0.25) is 0 Å². The smallest absolute Gasteiger partial charge is 0.125 e. The summed E-state index contributed by atoms with van der Waals surface area (Å²) in [7, 11) is 0. The van der Waals surface area contributed by atoms with Crippen molar-refractivity contribution in [1.29, 1.82) is 0 Å². The van der Waals surface area contributed by atoms with Gasteiger partial charge in [0.25, 0.3) is 0 Å². The highest BCUT2D eigenvalue weighted by Crippen LogP contribution is 2.36. The largest absolute Gasteiger partial charge is 0.491 e. The molecule has 12 heavy (non-hydrogen) atoms. The molecule has 1 aromatic carbocycles. The molecular formula is C8H9ClN2O. The van der Waals surface area contributed by atoms with Gasteiger partial charge < -0.3 is 16.2 Å². The van der Waals surface area contributed by atoms with Gasteiger partial charge in [-0.25, -0.2) is 0 Å². The Labute approximate surface area is 75.3 Å². The summed E-state index contributed by atoms with van der Waals surface area (Å²) in [4.78, 5) is 0. The molecule has 0 radical (unpaired) electrons. The van der Waals surface area contributed by atoms with E-state index < -0.39 is 0 Å². The van der Waals surface area contributed by atoms with E-state index in [9.17, 15) is 0 Å². The van der Waals surface area contributed by atoms with Crippen molar-refractivity contribution in [2.24, 2.45) is 5.73 Å². The van der Waals surface area contributed by atoms with Gasteiger partial charge in [0.05, 0.1) is 16.8 Å². The van der Waals surface area contributed by atoms with Crippen LogP contribution in [-0.4, -0.2) is 6.61 Å². The van der Waals surface area contributed by atoms with Gasteiger partial charge in [-0.05, 0) is 6.07 Å². The van der Waals surface area contributed by atoms with Crippen LogP contribution in [0.5, 0.6) is 5.75 Å². The summed E-state index contributed by atoms with van der Waals surface area (Å²) in [6, 6.07) is 3.41. The van der Waals surface area contributed by atoms with E-state index in [1.165, 1.54) is 0 Å². The van der Waals surface area contributed by atoms with Crippen molar-refractivity contribution in [3.8, 4) is 5.75 Å². The highest BCUT2D eigenvalue weighted by atomic mass is 35.5. The van der Waals surface area contributed by atoms with E-state index in [-0.39, 0.29) is 6.04 Å². The zero-order chi connectivity index (χ0) is 8.72. The van der Waals surface area contributed by atoms with E-state index >= 15 is 0 Å². The number of rotatable bonds is 0. The quantitative estimate of drug-likeness (QED) is 0.598. The average Bonchev–Trinajstić information content (AvgIpc) is 2.35. The van der Waals surface area contributed by atoms with Crippen LogP contribution < -0.4 is 16.2 Å². The molecule has 0 aliphatic carbocycles. The molecule has 1 heterocycles. The third-order valence-corrected chi connectivity index (χ3v) is 2.27. The van der Waals surface area contributed by atoms with Crippen LogP contribution in [0, 0.1) is 0 Å². The van der Waals surface area contributed by atoms with Gasteiger partial charge in [-0.2, -0.15) is 0 Å². The first kappa shape index (κ1) is 7.71. The van der Waals surface area contributed by atoms with E-state index in [0.717, 1.165) is 11.3 Å². The Balaban J connectivity index is 2.56. The van der Waals surface area contributed by atoms with Crippen LogP contribution in [0.15, 0.2) is 12.1 Å². The lowest BCUT2D eigenvalue weighted by atomic mass is 10.1. The Morgan fingerprint density at radius 1 is 1.50 bits per heavy atom. The number of benzene rings is 1. The molecule has 0 fully saturated rings. The molecule has 64 valence electrons. The van der Waals surface area contributed by atoms with Crippen molar-refractivity contribution >= 4 is 17.3 Å². The SMILES string of the molecule is Nc1cc2c(cc1Cl)OC[C@@H]2N. The first-order valence-electron chi connectivity index (χ1n) is 3.66. The van der Waals surface area contributed by atoms with Crippen molar-refractivity contribution in [3.05, 3.63) is 22.7 Å². The molecule has 1 aliphatic heterocycles. The minimum absolute atomic E-state index is 0.0698. The maximum Gasteiger partial charge on any atom is 0.125 e. The molecule has 0 spiro atoms. The third kappa shape index (κ3) is 1.02. The van der Waals surface area contributed by atoms with Gasteiger partial charge in [0, 0.05) is 11.6 Å². The summed E-state index contributed by atoms with van der Waals surface area (Å²) in [6.07, 6.45) is 0. The Hall–Kier alpha value is -0.930.